The van der Waals surface area contributed by atoms with Crippen LogP contribution in [-0.4, -0.2) is 36.0 Å². The molecule has 1 N–H and O–H groups in total. The smallest absolute Gasteiger partial charge is 0.182 e. The molecule has 6 heteroatoms. The molecule has 1 aromatic rings. The Morgan fingerprint density at radius 1 is 1.31 bits per heavy atom. The number of hydrogen-bond donors (Lipinski definition) is 1. The van der Waals surface area contributed by atoms with Gasteiger partial charge in [-0.1, -0.05) is 25.8 Å². The number of benzene rings is 1. The van der Waals surface area contributed by atoms with Crippen LogP contribution >= 0.6 is 0 Å². The van der Waals surface area contributed by atoms with E-state index < -0.39 is 0 Å². The summed E-state index contributed by atoms with van der Waals surface area (Å²) in [5.41, 5.74) is 3.24. The van der Waals surface area contributed by atoms with E-state index in [0.717, 1.165) is 30.5 Å². The number of nitrogens with zero attached hydrogens (tertiary/aromatic N) is 2. The number of phenols is 1. The second kappa shape index (κ2) is 9.37. The number of phenolic OH excluding ortho intramolecular Hbond substituents is 1. The Morgan fingerprint density at radius 3 is 2.86 bits per heavy atom. The minimum absolute atomic E-state index is 0.0267. The zero-order valence-corrected chi connectivity index (χ0v) is 16.9. The highest BCUT2D eigenvalue weighted by Gasteiger charge is 2.24. The predicted molar refractivity (Wildman–Crippen MR) is 114 cm³/mol. The normalized spacial score (nSPS) is 14.9. The number of rotatable bonds is 10. The summed E-state index contributed by atoms with van der Waals surface area (Å²) in [4.78, 5) is 30.2. The van der Waals surface area contributed by atoms with Crippen LogP contribution in [0.2, 0.25) is 0 Å². The molecule has 0 saturated carbocycles. The van der Waals surface area contributed by atoms with Crippen molar-refractivity contribution in [3.05, 3.63) is 47.8 Å². The first-order valence-electron chi connectivity index (χ1n) is 9.87. The number of unbranched alkanes of at least 4 members (excludes halogenated alkanes) is 2. The topological polar surface area (TPSA) is 79.2 Å². The molecule has 0 bridgehead atoms. The van der Waals surface area contributed by atoms with Crippen LogP contribution in [0.5, 0.6) is 11.5 Å². The van der Waals surface area contributed by atoms with Crippen LogP contribution in [0.1, 0.15) is 44.6 Å². The van der Waals surface area contributed by atoms with Crippen LogP contribution < -0.4 is 9.64 Å². The number of carbonyl (C=O) groups excluding carboxylic acids is 2. The lowest BCUT2D eigenvalue weighted by Gasteiger charge is -2.19. The van der Waals surface area contributed by atoms with Crippen LogP contribution in [0.15, 0.2) is 47.3 Å². The number of aliphatic imine (C=N–C) groups is 1. The van der Waals surface area contributed by atoms with E-state index in [1.807, 2.05) is 17.2 Å². The average Bonchev–Trinajstić information content (AvgIpc) is 3.29. The van der Waals surface area contributed by atoms with Crippen molar-refractivity contribution >= 4 is 29.0 Å². The number of hydrogen-bond acceptors (Lipinski definition) is 6. The number of ether oxygens (including phenoxy) is 1. The second-order valence-electron chi connectivity index (χ2n) is 7.17. The molecular formula is C23H26N2O4. The molecule has 1 aromatic carbocycles. The molecule has 2 heterocycles. The molecule has 0 aliphatic carbocycles. The number of anilines is 1. The Labute approximate surface area is 170 Å². The zero-order valence-electron chi connectivity index (χ0n) is 16.9. The highest BCUT2D eigenvalue weighted by Crippen LogP contribution is 2.40. The quantitative estimate of drug-likeness (QED) is 0.366. The molecule has 0 fully saturated rings. The van der Waals surface area contributed by atoms with Crippen molar-refractivity contribution in [2.24, 2.45) is 4.99 Å². The van der Waals surface area contributed by atoms with Crippen LogP contribution in [-0.2, 0) is 9.59 Å². The molecule has 6 nitrogen and oxygen atoms in total. The Kier molecular flexibility index (Phi) is 6.65. The monoisotopic (exact) mass is 394 g/mol. The van der Waals surface area contributed by atoms with Gasteiger partial charge in [0, 0.05) is 24.4 Å². The third-order valence-corrected chi connectivity index (χ3v) is 4.93. The van der Waals surface area contributed by atoms with Crippen molar-refractivity contribution in [1.29, 1.82) is 0 Å². The van der Waals surface area contributed by atoms with Gasteiger partial charge in [0.2, 0.25) is 0 Å². The molecule has 152 valence electrons. The maximum absolute atomic E-state index is 12.1. The zero-order chi connectivity index (χ0) is 20.8. The molecule has 2 aliphatic heterocycles. The molecule has 0 radical (unpaired) electrons. The van der Waals surface area contributed by atoms with Gasteiger partial charge in [0.15, 0.2) is 17.3 Å². The molecule has 0 spiro atoms. The van der Waals surface area contributed by atoms with Crippen LogP contribution in [0.4, 0.5) is 5.69 Å². The van der Waals surface area contributed by atoms with Crippen molar-refractivity contribution in [3.8, 4) is 11.5 Å². The fourth-order valence-electron chi connectivity index (χ4n) is 3.35. The fraction of sp³-hybridized carbons (Fsp3) is 0.348. The van der Waals surface area contributed by atoms with Gasteiger partial charge in [-0.25, -0.2) is 0 Å². The van der Waals surface area contributed by atoms with E-state index in [1.165, 1.54) is 13.2 Å². The van der Waals surface area contributed by atoms with Gasteiger partial charge in [-0.05, 0) is 36.3 Å². The van der Waals surface area contributed by atoms with E-state index >= 15 is 0 Å². The summed E-state index contributed by atoms with van der Waals surface area (Å²) >= 11 is 0. The predicted octanol–water partition coefficient (Wildman–Crippen LogP) is 4.19. The summed E-state index contributed by atoms with van der Waals surface area (Å²) in [7, 11) is 1.48. The average molecular weight is 394 g/mol. The summed E-state index contributed by atoms with van der Waals surface area (Å²) in [5, 5.41) is 10.5. The van der Waals surface area contributed by atoms with E-state index in [0.29, 0.717) is 30.0 Å². The summed E-state index contributed by atoms with van der Waals surface area (Å²) in [5.74, 6) is 0.0974. The van der Waals surface area contributed by atoms with Crippen molar-refractivity contribution in [2.75, 3.05) is 18.6 Å². The Balaban J connectivity index is 1.73. The van der Waals surface area contributed by atoms with Crippen LogP contribution in [0, 0.1) is 0 Å². The lowest BCUT2D eigenvalue weighted by molar-refractivity contribution is -0.124. The van der Waals surface area contributed by atoms with Gasteiger partial charge >= 0.3 is 0 Å². The van der Waals surface area contributed by atoms with Gasteiger partial charge in [0.25, 0.3) is 0 Å². The lowest BCUT2D eigenvalue weighted by atomic mass is 10.1. The van der Waals surface area contributed by atoms with Crippen LogP contribution in [0.25, 0.3) is 6.08 Å². The largest absolute Gasteiger partial charge is 0.503 e. The SMILES string of the molecule is CCCCCC(=O)CC(=O)C=Cc1cc(OC)c(O)c(N2C=C3C=CN=C3C2)c1. The van der Waals surface area contributed by atoms with Crippen LogP contribution in [0.3, 0.4) is 0 Å². The van der Waals surface area contributed by atoms with Crippen molar-refractivity contribution < 1.29 is 19.4 Å². The molecule has 2 aliphatic rings. The number of fused-ring (bicyclic) bond motifs is 1. The first-order chi connectivity index (χ1) is 14.0. The second-order valence-corrected chi connectivity index (χ2v) is 7.17. The van der Waals surface area contributed by atoms with Crippen molar-refractivity contribution in [2.45, 2.75) is 39.0 Å². The summed E-state index contributed by atoms with van der Waals surface area (Å²) < 4.78 is 5.29. The Morgan fingerprint density at radius 2 is 2.14 bits per heavy atom. The van der Waals surface area contributed by atoms with Gasteiger partial charge in [0.1, 0.15) is 5.78 Å². The van der Waals surface area contributed by atoms with Crippen molar-refractivity contribution in [3.63, 3.8) is 0 Å². The minimum Gasteiger partial charge on any atom is -0.503 e. The van der Waals surface area contributed by atoms with E-state index in [4.69, 9.17) is 4.74 Å². The van der Waals surface area contributed by atoms with E-state index in [2.05, 4.69) is 11.9 Å². The summed E-state index contributed by atoms with van der Waals surface area (Å²) in [6, 6.07) is 3.44. The summed E-state index contributed by atoms with van der Waals surface area (Å²) in [6.45, 7) is 2.63. The number of carbonyl (C=O) groups is 2. The van der Waals surface area contributed by atoms with Gasteiger partial charge in [-0.15, -0.1) is 0 Å². The molecule has 0 unspecified atom stereocenters. The minimum atomic E-state index is -0.225. The van der Waals surface area contributed by atoms with E-state index in [1.54, 1.807) is 24.4 Å². The molecule has 0 saturated heterocycles. The molecular weight excluding hydrogens is 368 g/mol. The number of ketones is 2. The highest BCUT2D eigenvalue weighted by molar-refractivity contribution is 6.11. The van der Waals surface area contributed by atoms with E-state index in [9.17, 15) is 14.7 Å². The third-order valence-electron chi connectivity index (χ3n) is 4.93. The lowest BCUT2D eigenvalue weighted by Crippen LogP contribution is -2.17. The third kappa shape index (κ3) is 5.02. The fourth-order valence-corrected chi connectivity index (χ4v) is 3.35. The van der Waals surface area contributed by atoms with Gasteiger partial charge in [-0.3, -0.25) is 14.6 Å². The highest BCUT2D eigenvalue weighted by atomic mass is 16.5. The van der Waals surface area contributed by atoms with Gasteiger partial charge < -0.3 is 14.7 Å². The maximum Gasteiger partial charge on any atom is 0.182 e. The summed E-state index contributed by atoms with van der Waals surface area (Å²) in [6.07, 6.45) is 11.9. The number of Topliss-reactive ketones (excluding diaryl/α,β-unsaturated/α-hetero) is 1. The number of methoxy groups -OCH3 is 1. The molecule has 0 amide bonds. The van der Waals surface area contributed by atoms with E-state index in [-0.39, 0.29) is 23.7 Å². The first kappa shape index (κ1) is 20.6. The number of allylic oxidation sites excluding steroid dienone is 2. The number of aromatic hydroxyl groups is 1. The van der Waals surface area contributed by atoms with Gasteiger partial charge in [-0.2, -0.15) is 0 Å². The Bertz CT molecular complexity index is 925. The Hall–Kier alpha value is -3.15. The standard InChI is InChI=1S/C23H26N2O4/c1-3-4-5-6-18(26)13-19(27)8-7-16-11-21(23(28)22(12-16)29-2)25-14-17-9-10-24-20(17)15-25/h7-12,14,28H,3-6,13,15H2,1-2H3. The van der Waals surface area contributed by atoms with Gasteiger partial charge in [0.05, 0.1) is 31.5 Å². The maximum atomic E-state index is 12.1. The molecule has 0 atom stereocenters. The molecule has 29 heavy (non-hydrogen) atoms. The molecule has 3 rings (SSSR count). The first-order valence-corrected chi connectivity index (χ1v) is 9.87. The van der Waals surface area contributed by atoms with Crippen molar-refractivity contribution in [1.82, 2.24) is 0 Å². The molecule has 0 aromatic heterocycles.